The molecule has 7 heteroatoms. The minimum atomic E-state index is 0.359. The maximum Gasteiger partial charge on any atom is 0.180 e. The van der Waals surface area contributed by atoms with E-state index in [0.29, 0.717) is 18.2 Å². The van der Waals surface area contributed by atoms with Crippen LogP contribution in [0.1, 0.15) is 25.5 Å². The molecule has 7 nitrogen and oxygen atoms in total. The second-order valence-electron chi connectivity index (χ2n) is 4.88. The van der Waals surface area contributed by atoms with Gasteiger partial charge in [0, 0.05) is 25.1 Å². The van der Waals surface area contributed by atoms with Crippen LogP contribution in [0.2, 0.25) is 0 Å². The predicted molar refractivity (Wildman–Crippen MR) is 82.7 cm³/mol. The zero-order chi connectivity index (χ0) is 15.2. The summed E-state index contributed by atoms with van der Waals surface area (Å²) >= 11 is 0. The van der Waals surface area contributed by atoms with Crippen LogP contribution in [0.5, 0.6) is 5.75 Å². The molecule has 1 N–H and O–H groups in total. The third kappa shape index (κ3) is 3.30. The number of anilines is 1. The van der Waals surface area contributed by atoms with Crippen LogP contribution in [-0.4, -0.2) is 30.9 Å². The highest BCUT2D eigenvalue weighted by atomic mass is 16.5. The molecule has 22 heavy (non-hydrogen) atoms. The lowest BCUT2D eigenvalue weighted by atomic mass is 10.3. The average molecular weight is 298 g/mol. The first-order chi connectivity index (χ1) is 10.9. The summed E-state index contributed by atoms with van der Waals surface area (Å²) in [6.07, 6.45) is 12.6. The summed E-state index contributed by atoms with van der Waals surface area (Å²) in [6, 6.07) is 0. The number of nitrogens with zero attached hydrogens (tertiary/aromatic N) is 5. The zero-order valence-corrected chi connectivity index (χ0v) is 12.4. The zero-order valence-electron chi connectivity index (χ0n) is 12.4. The standard InChI is InChI=1S/C15H18N6O/c1-2-3-4-18-15-13(7-17-11-19-15)22-10-12-9-21-6-5-16-8-14(21)20-12/h5-9,11H,2-4,10H2,1H3,(H,17,18,19). The fourth-order valence-corrected chi connectivity index (χ4v) is 2.06. The van der Waals surface area contributed by atoms with Crippen molar-refractivity contribution in [3.63, 3.8) is 0 Å². The Kier molecular flexibility index (Phi) is 4.43. The monoisotopic (exact) mass is 298 g/mol. The van der Waals surface area contributed by atoms with Crippen LogP contribution in [-0.2, 0) is 6.61 Å². The van der Waals surface area contributed by atoms with Crippen molar-refractivity contribution in [2.24, 2.45) is 0 Å². The lowest BCUT2D eigenvalue weighted by Crippen LogP contribution is -2.06. The van der Waals surface area contributed by atoms with Gasteiger partial charge in [-0.25, -0.2) is 15.0 Å². The molecule has 0 saturated carbocycles. The van der Waals surface area contributed by atoms with E-state index < -0.39 is 0 Å². The van der Waals surface area contributed by atoms with E-state index in [1.807, 2.05) is 16.8 Å². The molecule has 0 saturated heterocycles. The van der Waals surface area contributed by atoms with Crippen LogP contribution < -0.4 is 10.1 Å². The van der Waals surface area contributed by atoms with Crippen LogP contribution in [0.25, 0.3) is 5.65 Å². The minimum absolute atomic E-state index is 0.359. The van der Waals surface area contributed by atoms with Gasteiger partial charge in [0.05, 0.1) is 18.1 Å². The van der Waals surface area contributed by atoms with Gasteiger partial charge in [-0.1, -0.05) is 13.3 Å². The highest BCUT2D eigenvalue weighted by Gasteiger charge is 2.07. The summed E-state index contributed by atoms with van der Waals surface area (Å²) in [5, 5.41) is 3.27. The number of imidazole rings is 1. The Hall–Kier alpha value is -2.70. The molecule has 0 aliphatic carbocycles. The predicted octanol–water partition coefficient (Wildman–Crippen LogP) is 2.31. The maximum absolute atomic E-state index is 5.80. The fourth-order valence-electron chi connectivity index (χ4n) is 2.06. The average Bonchev–Trinajstić information content (AvgIpc) is 2.97. The lowest BCUT2D eigenvalue weighted by molar-refractivity contribution is 0.301. The molecule has 0 fully saturated rings. The van der Waals surface area contributed by atoms with Gasteiger partial charge in [-0.2, -0.15) is 0 Å². The SMILES string of the molecule is CCCCNc1ncncc1OCc1cn2ccncc2n1. The van der Waals surface area contributed by atoms with Crippen molar-refractivity contribution in [2.45, 2.75) is 26.4 Å². The summed E-state index contributed by atoms with van der Waals surface area (Å²) < 4.78 is 7.71. The largest absolute Gasteiger partial charge is 0.482 e. The number of unbranched alkanes of at least 4 members (excludes halogenated alkanes) is 1. The molecule has 0 bridgehead atoms. The molecule has 3 rings (SSSR count). The maximum atomic E-state index is 5.80. The van der Waals surface area contributed by atoms with E-state index in [9.17, 15) is 0 Å². The van der Waals surface area contributed by atoms with Crippen molar-refractivity contribution in [3.8, 4) is 5.75 Å². The number of ether oxygens (including phenoxy) is 1. The van der Waals surface area contributed by atoms with Crippen LogP contribution in [0.4, 0.5) is 5.82 Å². The minimum Gasteiger partial charge on any atom is -0.482 e. The quantitative estimate of drug-likeness (QED) is 0.674. The highest BCUT2D eigenvalue weighted by molar-refractivity contribution is 5.47. The van der Waals surface area contributed by atoms with Crippen LogP contribution in [0, 0.1) is 0 Å². The summed E-state index contributed by atoms with van der Waals surface area (Å²) in [7, 11) is 0. The van der Waals surface area contributed by atoms with Crippen LogP contribution in [0.3, 0.4) is 0 Å². The molecule has 0 amide bonds. The van der Waals surface area contributed by atoms with Gasteiger partial charge in [0.1, 0.15) is 12.9 Å². The molecule has 0 atom stereocenters. The van der Waals surface area contributed by atoms with Gasteiger partial charge in [0.15, 0.2) is 17.2 Å². The van der Waals surface area contributed by atoms with E-state index in [1.54, 1.807) is 18.6 Å². The first-order valence-corrected chi connectivity index (χ1v) is 7.31. The molecule has 3 heterocycles. The number of nitrogens with one attached hydrogen (secondary N) is 1. The third-order valence-electron chi connectivity index (χ3n) is 3.19. The molecule has 0 unspecified atom stereocenters. The van der Waals surface area contributed by atoms with E-state index in [0.717, 1.165) is 30.7 Å². The van der Waals surface area contributed by atoms with Crippen molar-refractivity contribution in [3.05, 3.63) is 43.0 Å². The summed E-state index contributed by atoms with van der Waals surface area (Å²) in [6.45, 7) is 3.37. The number of rotatable bonds is 7. The van der Waals surface area contributed by atoms with Crippen LogP contribution in [0.15, 0.2) is 37.3 Å². The Morgan fingerprint density at radius 1 is 1.27 bits per heavy atom. The molecule has 114 valence electrons. The molecule has 3 aromatic heterocycles. The summed E-state index contributed by atoms with van der Waals surface area (Å²) in [5.74, 6) is 1.35. The van der Waals surface area contributed by atoms with E-state index in [1.165, 1.54) is 6.33 Å². The van der Waals surface area contributed by atoms with Gasteiger partial charge < -0.3 is 14.5 Å². The van der Waals surface area contributed by atoms with Crippen molar-refractivity contribution in [1.29, 1.82) is 0 Å². The second kappa shape index (κ2) is 6.84. The van der Waals surface area contributed by atoms with Gasteiger partial charge in [-0.15, -0.1) is 0 Å². The molecule has 0 radical (unpaired) electrons. The van der Waals surface area contributed by atoms with Gasteiger partial charge in [-0.05, 0) is 6.42 Å². The number of aromatic nitrogens is 5. The molecule has 0 aliphatic heterocycles. The fraction of sp³-hybridized carbons (Fsp3) is 0.333. The van der Waals surface area contributed by atoms with Crippen molar-refractivity contribution in [1.82, 2.24) is 24.3 Å². The Balaban J connectivity index is 1.67. The van der Waals surface area contributed by atoms with E-state index in [4.69, 9.17) is 4.74 Å². The van der Waals surface area contributed by atoms with Gasteiger partial charge in [0.25, 0.3) is 0 Å². The molecule has 0 aliphatic rings. The van der Waals surface area contributed by atoms with Gasteiger partial charge in [-0.3, -0.25) is 4.98 Å². The third-order valence-corrected chi connectivity index (χ3v) is 3.19. The second-order valence-corrected chi connectivity index (χ2v) is 4.88. The van der Waals surface area contributed by atoms with Crippen molar-refractivity contribution in [2.75, 3.05) is 11.9 Å². The lowest BCUT2D eigenvalue weighted by Gasteiger charge is -2.10. The molecule has 0 aromatic carbocycles. The normalized spacial score (nSPS) is 10.8. The smallest absolute Gasteiger partial charge is 0.180 e. The molecular weight excluding hydrogens is 280 g/mol. The van der Waals surface area contributed by atoms with Crippen molar-refractivity contribution >= 4 is 11.5 Å². The molecule has 0 spiro atoms. The number of hydrogen-bond donors (Lipinski definition) is 1. The molecule has 3 aromatic rings. The Bertz CT molecular complexity index is 708. The first-order valence-electron chi connectivity index (χ1n) is 7.31. The Labute approximate surface area is 128 Å². The Morgan fingerprint density at radius 2 is 2.23 bits per heavy atom. The Morgan fingerprint density at radius 3 is 3.09 bits per heavy atom. The topological polar surface area (TPSA) is 77.2 Å². The van der Waals surface area contributed by atoms with Gasteiger partial charge >= 0.3 is 0 Å². The van der Waals surface area contributed by atoms with Crippen LogP contribution >= 0.6 is 0 Å². The van der Waals surface area contributed by atoms with Gasteiger partial charge in [0.2, 0.25) is 0 Å². The van der Waals surface area contributed by atoms with Crippen molar-refractivity contribution < 1.29 is 4.74 Å². The summed E-state index contributed by atoms with van der Waals surface area (Å²) in [5.41, 5.74) is 1.63. The number of fused-ring (bicyclic) bond motifs is 1. The number of hydrogen-bond acceptors (Lipinski definition) is 6. The van der Waals surface area contributed by atoms with E-state index in [2.05, 4.69) is 32.2 Å². The molecular formula is C15H18N6O. The van der Waals surface area contributed by atoms with E-state index in [-0.39, 0.29) is 0 Å². The van der Waals surface area contributed by atoms with E-state index >= 15 is 0 Å². The highest BCUT2D eigenvalue weighted by Crippen LogP contribution is 2.20. The first kappa shape index (κ1) is 14.2. The summed E-state index contributed by atoms with van der Waals surface area (Å²) in [4.78, 5) is 16.7.